The molecule has 0 fully saturated rings. The van der Waals surface area contributed by atoms with Crippen LogP contribution in [0.3, 0.4) is 0 Å². The summed E-state index contributed by atoms with van der Waals surface area (Å²) in [6, 6.07) is 9.71. The molecule has 0 saturated carbocycles. The highest BCUT2D eigenvalue weighted by Crippen LogP contribution is 2.29. The normalized spacial score (nSPS) is 13.0. The van der Waals surface area contributed by atoms with Crippen molar-refractivity contribution in [2.75, 3.05) is 11.1 Å². The lowest BCUT2D eigenvalue weighted by Crippen LogP contribution is -2.30. The fourth-order valence-corrected chi connectivity index (χ4v) is 4.79. The molecule has 1 aromatic carbocycles. The van der Waals surface area contributed by atoms with E-state index < -0.39 is 0 Å². The number of anilines is 1. The summed E-state index contributed by atoms with van der Waals surface area (Å²) in [7, 11) is 0. The molecule has 1 N–H and O–H groups in total. The second kappa shape index (κ2) is 9.47. The van der Waals surface area contributed by atoms with Crippen molar-refractivity contribution in [2.45, 2.75) is 51.1 Å². The van der Waals surface area contributed by atoms with Crippen LogP contribution in [0.2, 0.25) is 0 Å². The summed E-state index contributed by atoms with van der Waals surface area (Å²) in [5.41, 5.74) is 5.90. The number of hydrogen-bond acceptors (Lipinski definition) is 5. The molecule has 0 unspecified atom stereocenters. The Morgan fingerprint density at radius 3 is 2.81 bits per heavy atom. The van der Waals surface area contributed by atoms with E-state index in [4.69, 9.17) is 0 Å². The number of carbonyl (C=O) groups excluding carboxylic acids is 1. The summed E-state index contributed by atoms with van der Waals surface area (Å²) in [6.07, 6.45) is 7.37. The first-order chi connectivity index (χ1) is 15.0. The summed E-state index contributed by atoms with van der Waals surface area (Å²) < 4.78 is 1.77. The SMILES string of the molecule is Cc1cccc(NC(=O)CSc2nc(=O)n(Cc3cccnc3)c3c2CCCC3)c1C. The van der Waals surface area contributed by atoms with Crippen molar-refractivity contribution in [3.63, 3.8) is 0 Å². The van der Waals surface area contributed by atoms with Crippen LogP contribution >= 0.6 is 11.8 Å². The van der Waals surface area contributed by atoms with Crippen molar-refractivity contribution < 1.29 is 4.79 Å². The number of nitrogens with one attached hydrogen (secondary N) is 1. The molecule has 160 valence electrons. The molecule has 0 saturated heterocycles. The third-order valence-electron chi connectivity index (χ3n) is 5.73. The van der Waals surface area contributed by atoms with Gasteiger partial charge in [0.1, 0.15) is 5.03 Å². The third-order valence-corrected chi connectivity index (χ3v) is 6.75. The van der Waals surface area contributed by atoms with E-state index in [1.54, 1.807) is 17.0 Å². The predicted molar refractivity (Wildman–Crippen MR) is 124 cm³/mol. The van der Waals surface area contributed by atoms with Crippen molar-refractivity contribution in [1.29, 1.82) is 0 Å². The molecule has 0 aliphatic heterocycles. The monoisotopic (exact) mass is 434 g/mol. The number of benzene rings is 1. The maximum atomic E-state index is 12.9. The van der Waals surface area contributed by atoms with Crippen LogP contribution in [0.5, 0.6) is 0 Å². The van der Waals surface area contributed by atoms with Gasteiger partial charge in [0.2, 0.25) is 5.91 Å². The molecule has 2 aromatic heterocycles. The summed E-state index contributed by atoms with van der Waals surface area (Å²) in [4.78, 5) is 33.9. The summed E-state index contributed by atoms with van der Waals surface area (Å²) in [5.74, 6) is 0.128. The molecule has 0 bridgehead atoms. The Bertz CT molecular complexity index is 1160. The molecule has 1 aliphatic carbocycles. The number of rotatable bonds is 6. The molecule has 0 radical (unpaired) electrons. The highest BCUT2D eigenvalue weighted by molar-refractivity contribution is 8.00. The Kier molecular flexibility index (Phi) is 6.51. The van der Waals surface area contributed by atoms with Crippen LogP contribution in [0, 0.1) is 13.8 Å². The Morgan fingerprint density at radius 2 is 2.00 bits per heavy atom. The highest BCUT2D eigenvalue weighted by atomic mass is 32.2. The van der Waals surface area contributed by atoms with Gasteiger partial charge in [-0.25, -0.2) is 4.79 Å². The number of fused-ring (bicyclic) bond motifs is 1. The summed E-state index contributed by atoms with van der Waals surface area (Å²) >= 11 is 1.35. The summed E-state index contributed by atoms with van der Waals surface area (Å²) in [5, 5.41) is 3.68. The average molecular weight is 435 g/mol. The number of amides is 1. The molecule has 0 atom stereocenters. The number of carbonyl (C=O) groups is 1. The van der Waals surface area contributed by atoms with Crippen molar-refractivity contribution in [3.8, 4) is 0 Å². The second-order valence-electron chi connectivity index (χ2n) is 7.86. The van der Waals surface area contributed by atoms with E-state index in [9.17, 15) is 9.59 Å². The minimum Gasteiger partial charge on any atom is -0.325 e. The number of aryl methyl sites for hydroxylation is 1. The van der Waals surface area contributed by atoms with Crippen LogP contribution in [-0.2, 0) is 24.2 Å². The fraction of sp³-hybridized carbons (Fsp3) is 0.333. The Labute approximate surface area is 186 Å². The van der Waals surface area contributed by atoms with Crippen LogP contribution in [0.15, 0.2) is 52.5 Å². The maximum absolute atomic E-state index is 12.9. The predicted octanol–water partition coefficient (Wildman–Crippen LogP) is 3.91. The zero-order valence-electron chi connectivity index (χ0n) is 17.9. The van der Waals surface area contributed by atoms with Crippen molar-refractivity contribution in [1.82, 2.24) is 14.5 Å². The standard InChI is InChI=1S/C24H26N4O2S/c1-16-7-5-10-20(17(16)2)26-22(29)15-31-23-19-9-3-4-11-21(19)28(24(30)27-23)14-18-8-6-12-25-13-18/h5-8,10,12-13H,3-4,9,11,14-15H2,1-2H3,(H,26,29). The molecule has 31 heavy (non-hydrogen) atoms. The molecule has 3 aromatic rings. The molecular weight excluding hydrogens is 408 g/mol. The lowest BCUT2D eigenvalue weighted by molar-refractivity contribution is -0.113. The minimum atomic E-state index is -0.262. The molecule has 2 heterocycles. The smallest absolute Gasteiger partial charge is 0.325 e. The Morgan fingerprint density at radius 1 is 1.16 bits per heavy atom. The first-order valence-corrected chi connectivity index (χ1v) is 11.5. The highest BCUT2D eigenvalue weighted by Gasteiger charge is 2.21. The van der Waals surface area contributed by atoms with E-state index in [1.807, 2.05) is 44.2 Å². The molecular formula is C24H26N4O2S. The van der Waals surface area contributed by atoms with Gasteiger partial charge < -0.3 is 5.32 Å². The zero-order valence-corrected chi connectivity index (χ0v) is 18.7. The number of nitrogens with zero attached hydrogens (tertiary/aromatic N) is 3. The first-order valence-electron chi connectivity index (χ1n) is 10.5. The fourth-order valence-electron chi connectivity index (χ4n) is 3.91. The van der Waals surface area contributed by atoms with E-state index >= 15 is 0 Å². The summed E-state index contributed by atoms with van der Waals surface area (Å²) in [6.45, 7) is 4.49. The third kappa shape index (κ3) is 4.88. The van der Waals surface area contributed by atoms with Gasteiger partial charge in [-0.1, -0.05) is 30.0 Å². The van der Waals surface area contributed by atoms with Gasteiger partial charge >= 0.3 is 5.69 Å². The van der Waals surface area contributed by atoms with Gasteiger partial charge in [-0.15, -0.1) is 0 Å². The lowest BCUT2D eigenvalue weighted by atomic mass is 9.97. The van der Waals surface area contributed by atoms with Crippen molar-refractivity contribution in [2.24, 2.45) is 0 Å². The number of hydrogen-bond donors (Lipinski definition) is 1. The molecule has 1 amide bonds. The molecule has 4 rings (SSSR count). The second-order valence-corrected chi connectivity index (χ2v) is 8.83. The lowest BCUT2D eigenvalue weighted by Gasteiger charge is -2.22. The molecule has 7 heteroatoms. The van der Waals surface area contributed by atoms with Crippen LogP contribution in [-0.4, -0.2) is 26.2 Å². The Balaban J connectivity index is 1.53. The van der Waals surface area contributed by atoms with Gasteiger partial charge in [0.25, 0.3) is 0 Å². The average Bonchev–Trinajstić information content (AvgIpc) is 2.78. The first kappa shape index (κ1) is 21.3. The van der Waals surface area contributed by atoms with Crippen molar-refractivity contribution in [3.05, 3.63) is 81.2 Å². The van der Waals surface area contributed by atoms with Gasteiger partial charge in [-0.05, 0) is 68.4 Å². The van der Waals surface area contributed by atoms with Crippen LogP contribution in [0.4, 0.5) is 5.69 Å². The largest absolute Gasteiger partial charge is 0.349 e. The quantitative estimate of drug-likeness (QED) is 0.470. The topological polar surface area (TPSA) is 76.9 Å². The number of pyridine rings is 1. The van der Waals surface area contributed by atoms with Gasteiger partial charge in [0.15, 0.2) is 0 Å². The van der Waals surface area contributed by atoms with Gasteiger partial charge in [-0.2, -0.15) is 4.98 Å². The molecule has 1 aliphatic rings. The van der Waals surface area contributed by atoms with Crippen molar-refractivity contribution >= 4 is 23.4 Å². The van der Waals surface area contributed by atoms with E-state index in [-0.39, 0.29) is 17.3 Å². The van der Waals surface area contributed by atoms with Gasteiger partial charge in [0.05, 0.1) is 12.3 Å². The van der Waals surface area contributed by atoms with E-state index in [2.05, 4.69) is 15.3 Å². The molecule has 6 nitrogen and oxygen atoms in total. The van der Waals surface area contributed by atoms with Gasteiger partial charge in [-0.3, -0.25) is 14.3 Å². The van der Waals surface area contributed by atoms with Crippen LogP contribution in [0.1, 0.15) is 40.8 Å². The van der Waals surface area contributed by atoms with E-state index in [0.29, 0.717) is 11.6 Å². The number of aromatic nitrogens is 3. The van der Waals surface area contributed by atoms with Crippen LogP contribution < -0.4 is 11.0 Å². The maximum Gasteiger partial charge on any atom is 0.349 e. The number of thioether (sulfide) groups is 1. The van der Waals surface area contributed by atoms with Gasteiger partial charge in [0, 0.05) is 29.3 Å². The Hall–Kier alpha value is -2.93. The van der Waals surface area contributed by atoms with E-state index in [1.165, 1.54) is 11.8 Å². The van der Waals surface area contributed by atoms with Crippen LogP contribution in [0.25, 0.3) is 0 Å². The minimum absolute atomic E-state index is 0.0930. The molecule has 0 spiro atoms. The van der Waals surface area contributed by atoms with E-state index in [0.717, 1.165) is 59.3 Å². The zero-order chi connectivity index (χ0) is 21.8.